The summed E-state index contributed by atoms with van der Waals surface area (Å²) in [7, 11) is 0. The van der Waals surface area contributed by atoms with E-state index in [1.165, 1.54) is 0 Å². The van der Waals surface area contributed by atoms with Crippen molar-refractivity contribution in [1.82, 2.24) is 0 Å². The Labute approximate surface area is 104 Å². The van der Waals surface area contributed by atoms with E-state index >= 15 is 0 Å². The lowest BCUT2D eigenvalue weighted by atomic mass is 10.2. The van der Waals surface area contributed by atoms with Crippen LogP contribution >= 0.6 is 0 Å². The number of ether oxygens (including phenoxy) is 1. The van der Waals surface area contributed by atoms with Crippen LogP contribution in [-0.2, 0) is 0 Å². The van der Waals surface area contributed by atoms with Crippen LogP contribution in [0.15, 0.2) is 48.5 Å². The summed E-state index contributed by atoms with van der Waals surface area (Å²) in [6, 6.07) is 15.3. The van der Waals surface area contributed by atoms with Crippen LogP contribution in [0, 0.1) is 11.3 Å². The van der Waals surface area contributed by atoms with Gasteiger partial charge in [0.15, 0.2) is 0 Å². The number of carbonyl (C=O) groups excluding carboxylic acids is 1. The molecule has 0 heterocycles. The molecule has 0 fully saturated rings. The highest BCUT2D eigenvalue weighted by atomic mass is 16.5. The van der Waals surface area contributed by atoms with Gasteiger partial charge in [-0.1, -0.05) is 6.07 Å². The topological polar surface area (TPSA) is 76.1 Å². The van der Waals surface area contributed by atoms with Gasteiger partial charge in [-0.05, 0) is 42.5 Å². The molecule has 2 aromatic carbocycles. The Morgan fingerprint density at radius 3 is 2.44 bits per heavy atom. The van der Waals surface area contributed by atoms with E-state index in [0.29, 0.717) is 22.6 Å². The van der Waals surface area contributed by atoms with Crippen LogP contribution in [0.5, 0.6) is 11.5 Å². The van der Waals surface area contributed by atoms with Gasteiger partial charge in [0.1, 0.15) is 11.5 Å². The molecule has 0 bridgehead atoms. The first kappa shape index (κ1) is 11.7. The third-order valence-electron chi connectivity index (χ3n) is 2.34. The standard InChI is InChI=1S/C14H10N2O2/c15-9-10-4-6-12(7-5-10)18-13-3-1-2-11(8-13)14(16)17/h1-8H,(H2,16,17). The zero-order valence-electron chi connectivity index (χ0n) is 9.46. The molecular formula is C14H10N2O2. The third kappa shape index (κ3) is 2.66. The van der Waals surface area contributed by atoms with Crippen LogP contribution < -0.4 is 10.5 Å². The molecule has 2 rings (SSSR count). The fraction of sp³-hybridized carbons (Fsp3) is 0. The van der Waals surface area contributed by atoms with E-state index in [0.717, 1.165) is 0 Å². The molecule has 0 aliphatic carbocycles. The zero-order chi connectivity index (χ0) is 13.0. The van der Waals surface area contributed by atoms with Crippen molar-refractivity contribution < 1.29 is 9.53 Å². The first-order chi connectivity index (χ1) is 8.69. The highest BCUT2D eigenvalue weighted by Crippen LogP contribution is 2.22. The molecule has 88 valence electrons. The van der Waals surface area contributed by atoms with Gasteiger partial charge in [0.2, 0.25) is 5.91 Å². The second-order valence-corrected chi connectivity index (χ2v) is 3.63. The first-order valence-electron chi connectivity index (χ1n) is 5.27. The van der Waals surface area contributed by atoms with Gasteiger partial charge < -0.3 is 10.5 Å². The van der Waals surface area contributed by atoms with Gasteiger partial charge in [0, 0.05) is 5.56 Å². The molecule has 0 saturated heterocycles. The van der Waals surface area contributed by atoms with E-state index in [4.69, 9.17) is 15.7 Å². The van der Waals surface area contributed by atoms with Gasteiger partial charge in [-0.15, -0.1) is 0 Å². The van der Waals surface area contributed by atoms with Gasteiger partial charge in [-0.2, -0.15) is 5.26 Å². The minimum Gasteiger partial charge on any atom is -0.457 e. The predicted molar refractivity (Wildman–Crippen MR) is 66.2 cm³/mol. The molecule has 0 saturated carbocycles. The molecule has 0 aromatic heterocycles. The second kappa shape index (κ2) is 5.02. The van der Waals surface area contributed by atoms with Crippen LogP contribution in [0.4, 0.5) is 0 Å². The van der Waals surface area contributed by atoms with Gasteiger partial charge in [-0.25, -0.2) is 0 Å². The second-order valence-electron chi connectivity index (χ2n) is 3.63. The van der Waals surface area contributed by atoms with E-state index in [-0.39, 0.29) is 0 Å². The van der Waals surface area contributed by atoms with Gasteiger partial charge in [0.25, 0.3) is 0 Å². The molecular weight excluding hydrogens is 228 g/mol. The first-order valence-corrected chi connectivity index (χ1v) is 5.27. The lowest BCUT2D eigenvalue weighted by Crippen LogP contribution is -2.10. The highest BCUT2D eigenvalue weighted by molar-refractivity contribution is 5.93. The molecule has 0 aliphatic heterocycles. The molecule has 4 nitrogen and oxygen atoms in total. The number of amides is 1. The van der Waals surface area contributed by atoms with Gasteiger partial charge in [-0.3, -0.25) is 4.79 Å². The number of nitriles is 1. The monoisotopic (exact) mass is 238 g/mol. The lowest BCUT2D eigenvalue weighted by Gasteiger charge is -2.06. The smallest absolute Gasteiger partial charge is 0.248 e. The summed E-state index contributed by atoms with van der Waals surface area (Å²) in [5.74, 6) is 0.618. The van der Waals surface area contributed by atoms with E-state index in [9.17, 15) is 4.79 Å². The maximum absolute atomic E-state index is 11.0. The third-order valence-corrected chi connectivity index (χ3v) is 2.34. The SMILES string of the molecule is N#Cc1ccc(Oc2cccc(C(N)=O)c2)cc1. The molecule has 0 unspecified atom stereocenters. The fourth-order valence-electron chi connectivity index (χ4n) is 1.45. The number of rotatable bonds is 3. The van der Waals surface area contributed by atoms with E-state index < -0.39 is 5.91 Å². The Morgan fingerprint density at radius 2 is 1.83 bits per heavy atom. The number of benzene rings is 2. The molecule has 18 heavy (non-hydrogen) atoms. The summed E-state index contributed by atoms with van der Waals surface area (Å²) in [4.78, 5) is 11.0. The van der Waals surface area contributed by atoms with Crippen LogP contribution in [-0.4, -0.2) is 5.91 Å². The van der Waals surface area contributed by atoms with Gasteiger partial charge >= 0.3 is 0 Å². The molecule has 1 amide bonds. The van der Waals surface area contributed by atoms with Crippen LogP contribution in [0.3, 0.4) is 0 Å². The van der Waals surface area contributed by atoms with Crippen molar-refractivity contribution in [2.24, 2.45) is 5.73 Å². The largest absolute Gasteiger partial charge is 0.457 e. The number of nitrogens with two attached hydrogens (primary N) is 1. The Kier molecular flexibility index (Phi) is 3.26. The summed E-state index contributed by atoms with van der Waals surface area (Å²) in [6.07, 6.45) is 0. The highest BCUT2D eigenvalue weighted by Gasteiger charge is 2.03. The average Bonchev–Trinajstić information content (AvgIpc) is 2.40. The number of hydrogen-bond acceptors (Lipinski definition) is 3. The fourth-order valence-corrected chi connectivity index (χ4v) is 1.45. The molecule has 0 atom stereocenters. The zero-order valence-corrected chi connectivity index (χ0v) is 9.46. The van der Waals surface area contributed by atoms with Crippen molar-refractivity contribution in [3.05, 3.63) is 59.7 Å². The Balaban J connectivity index is 2.20. The molecule has 0 spiro atoms. The summed E-state index contributed by atoms with van der Waals surface area (Å²) < 4.78 is 5.55. The Morgan fingerprint density at radius 1 is 1.11 bits per heavy atom. The minimum absolute atomic E-state index is 0.390. The maximum Gasteiger partial charge on any atom is 0.248 e. The van der Waals surface area contributed by atoms with E-state index in [1.807, 2.05) is 6.07 Å². The van der Waals surface area contributed by atoms with Crippen LogP contribution in [0.1, 0.15) is 15.9 Å². The Hall–Kier alpha value is -2.80. The van der Waals surface area contributed by atoms with Crippen molar-refractivity contribution in [3.8, 4) is 17.6 Å². The molecule has 4 heteroatoms. The summed E-state index contributed by atoms with van der Waals surface area (Å²) in [5.41, 5.74) is 6.14. The lowest BCUT2D eigenvalue weighted by molar-refractivity contribution is 0.1000. The number of primary amides is 1. The quantitative estimate of drug-likeness (QED) is 0.892. The van der Waals surface area contributed by atoms with E-state index in [1.54, 1.807) is 48.5 Å². The van der Waals surface area contributed by atoms with Crippen molar-refractivity contribution >= 4 is 5.91 Å². The number of nitrogens with zero attached hydrogens (tertiary/aromatic N) is 1. The predicted octanol–water partition coefficient (Wildman–Crippen LogP) is 2.45. The van der Waals surface area contributed by atoms with Crippen molar-refractivity contribution in [1.29, 1.82) is 5.26 Å². The molecule has 0 aliphatic rings. The normalized spacial score (nSPS) is 9.50. The number of carbonyl (C=O) groups is 1. The Bertz CT molecular complexity index is 612. The van der Waals surface area contributed by atoms with Crippen molar-refractivity contribution in [2.75, 3.05) is 0 Å². The summed E-state index contributed by atoms with van der Waals surface area (Å²) >= 11 is 0. The van der Waals surface area contributed by atoms with Crippen LogP contribution in [0.25, 0.3) is 0 Å². The summed E-state index contributed by atoms with van der Waals surface area (Å²) in [5, 5.41) is 8.67. The van der Waals surface area contributed by atoms with E-state index in [2.05, 4.69) is 0 Å². The summed E-state index contributed by atoms with van der Waals surface area (Å²) in [6.45, 7) is 0. The molecule has 0 radical (unpaired) electrons. The molecule has 2 N–H and O–H groups in total. The van der Waals surface area contributed by atoms with Crippen molar-refractivity contribution in [3.63, 3.8) is 0 Å². The minimum atomic E-state index is -0.500. The van der Waals surface area contributed by atoms with Crippen molar-refractivity contribution in [2.45, 2.75) is 0 Å². The number of hydrogen-bond donors (Lipinski definition) is 1. The van der Waals surface area contributed by atoms with Crippen LogP contribution in [0.2, 0.25) is 0 Å². The molecule has 2 aromatic rings. The van der Waals surface area contributed by atoms with Gasteiger partial charge in [0.05, 0.1) is 11.6 Å². The maximum atomic E-state index is 11.0. The average molecular weight is 238 g/mol.